The number of carbonyl (C=O) groups is 2. The Balaban J connectivity index is 1.70. The lowest BCUT2D eigenvalue weighted by atomic mass is 9.95. The number of halogens is 1. The highest BCUT2D eigenvalue weighted by Gasteiger charge is 2.28. The van der Waals surface area contributed by atoms with Crippen molar-refractivity contribution in [1.82, 2.24) is 10.2 Å². The number of sulfonamides is 1. The molecule has 0 radical (unpaired) electrons. The van der Waals surface area contributed by atoms with Crippen molar-refractivity contribution in [2.45, 2.75) is 77.4 Å². The first-order valence-electron chi connectivity index (χ1n) is 12.9. The molecule has 1 aliphatic carbocycles. The van der Waals surface area contributed by atoms with Crippen LogP contribution in [0.4, 0.5) is 10.1 Å². The van der Waals surface area contributed by atoms with E-state index in [2.05, 4.69) is 5.32 Å². The van der Waals surface area contributed by atoms with E-state index < -0.39 is 16.1 Å². The lowest BCUT2D eigenvalue weighted by Gasteiger charge is -2.31. The third kappa shape index (κ3) is 8.55. The molecule has 0 saturated heterocycles. The summed E-state index contributed by atoms with van der Waals surface area (Å²) in [4.78, 5) is 27.9. The molecule has 2 amide bonds. The third-order valence-electron chi connectivity index (χ3n) is 6.86. The van der Waals surface area contributed by atoms with Crippen LogP contribution in [0.3, 0.4) is 0 Å². The van der Waals surface area contributed by atoms with Gasteiger partial charge in [0.2, 0.25) is 21.8 Å². The van der Waals surface area contributed by atoms with Crippen molar-refractivity contribution in [2.75, 3.05) is 17.1 Å². The molecule has 0 bridgehead atoms. The van der Waals surface area contributed by atoms with Gasteiger partial charge in [-0.3, -0.25) is 13.9 Å². The van der Waals surface area contributed by atoms with E-state index in [0.717, 1.165) is 37.5 Å². The fourth-order valence-corrected chi connectivity index (χ4v) is 5.62. The number of carbonyl (C=O) groups excluding carboxylic acids is 2. The van der Waals surface area contributed by atoms with Gasteiger partial charge >= 0.3 is 0 Å². The van der Waals surface area contributed by atoms with Crippen LogP contribution in [0.15, 0.2) is 48.5 Å². The molecule has 37 heavy (non-hydrogen) atoms. The second-order valence-electron chi connectivity index (χ2n) is 9.94. The summed E-state index contributed by atoms with van der Waals surface area (Å²) in [6.07, 6.45) is 6.70. The van der Waals surface area contributed by atoms with Crippen molar-refractivity contribution in [3.05, 3.63) is 65.5 Å². The van der Waals surface area contributed by atoms with Crippen LogP contribution >= 0.6 is 0 Å². The zero-order chi connectivity index (χ0) is 27.0. The first-order chi connectivity index (χ1) is 17.5. The predicted octanol–water partition coefficient (Wildman–Crippen LogP) is 4.55. The number of rotatable bonds is 11. The standard InChI is InChI=1S/C28H38FN3O4S/c1-21-11-17-26(18-12-21)32(37(3,35)36)19-7-10-27(33)31(20-23-13-15-24(29)16-14-23)22(2)28(34)30-25-8-5-4-6-9-25/h11-18,22,25H,4-10,19-20H2,1-3H3,(H,30,34)/t22-/m0/s1. The summed E-state index contributed by atoms with van der Waals surface area (Å²) in [6.45, 7) is 3.93. The minimum Gasteiger partial charge on any atom is -0.352 e. The molecule has 0 unspecified atom stereocenters. The van der Waals surface area contributed by atoms with Gasteiger partial charge in [-0.05, 0) is 62.9 Å². The number of hydrogen-bond donors (Lipinski definition) is 1. The maximum Gasteiger partial charge on any atom is 0.242 e. The number of hydrogen-bond acceptors (Lipinski definition) is 4. The summed E-state index contributed by atoms with van der Waals surface area (Å²) in [5.74, 6) is -0.838. The Hall–Kier alpha value is -2.94. The average Bonchev–Trinajstić information content (AvgIpc) is 2.86. The number of nitrogens with one attached hydrogen (secondary N) is 1. The monoisotopic (exact) mass is 531 g/mol. The molecular weight excluding hydrogens is 493 g/mol. The Bertz CT molecular complexity index is 1150. The van der Waals surface area contributed by atoms with Crippen molar-refractivity contribution in [2.24, 2.45) is 0 Å². The normalized spacial score (nSPS) is 15.1. The van der Waals surface area contributed by atoms with Crippen LogP contribution in [0, 0.1) is 12.7 Å². The van der Waals surface area contributed by atoms with Crippen molar-refractivity contribution in [3.8, 4) is 0 Å². The van der Waals surface area contributed by atoms with Crippen LogP contribution in [0.2, 0.25) is 0 Å². The lowest BCUT2D eigenvalue weighted by Crippen LogP contribution is -2.50. The molecular formula is C28H38FN3O4S. The molecule has 0 spiro atoms. The van der Waals surface area contributed by atoms with Gasteiger partial charge in [0.05, 0.1) is 11.9 Å². The summed E-state index contributed by atoms with van der Waals surface area (Å²) < 4.78 is 39.6. The smallest absolute Gasteiger partial charge is 0.242 e. The van der Waals surface area contributed by atoms with E-state index in [9.17, 15) is 22.4 Å². The van der Waals surface area contributed by atoms with Crippen LogP contribution in [-0.2, 0) is 26.2 Å². The SMILES string of the molecule is Cc1ccc(N(CCCC(=O)N(Cc2ccc(F)cc2)[C@@H](C)C(=O)NC2CCCCC2)S(C)(=O)=O)cc1. The highest BCUT2D eigenvalue weighted by molar-refractivity contribution is 7.92. The van der Waals surface area contributed by atoms with Gasteiger partial charge in [-0.15, -0.1) is 0 Å². The summed E-state index contributed by atoms with van der Waals surface area (Å²) >= 11 is 0. The van der Waals surface area contributed by atoms with Gasteiger partial charge in [-0.2, -0.15) is 0 Å². The van der Waals surface area contributed by atoms with Crippen LogP contribution < -0.4 is 9.62 Å². The minimum atomic E-state index is -3.54. The molecule has 7 nitrogen and oxygen atoms in total. The molecule has 1 aliphatic rings. The Kier molecular flexibility index (Phi) is 10.1. The molecule has 0 aliphatic heterocycles. The average molecular weight is 532 g/mol. The second-order valence-corrected chi connectivity index (χ2v) is 11.8. The lowest BCUT2D eigenvalue weighted by molar-refractivity contribution is -0.141. The summed E-state index contributed by atoms with van der Waals surface area (Å²) in [5.41, 5.74) is 2.28. The predicted molar refractivity (Wildman–Crippen MR) is 144 cm³/mol. The van der Waals surface area contributed by atoms with Gasteiger partial charge in [-0.25, -0.2) is 12.8 Å². The molecule has 1 saturated carbocycles. The van der Waals surface area contributed by atoms with E-state index in [1.807, 2.05) is 19.1 Å². The Labute approximate surface area is 220 Å². The van der Waals surface area contributed by atoms with Gasteiger partial charge in [0, 0.05) is 25.6 Å². The first kappa shape index (κ1) is 28.6. The number of aryl methyl sites for hydroxylation is 1. The van der Waals surface area contributed by atoms with Crippen molar-refractivity contribution in [3.63, 3.8) is 0 Å². The van der Waals surface area contributed by atoms with Crippen LogP contribution in [0.5, 0.6) is 0 Å². The Morgan fingerprint density at radius 2 is 1.65 bits per heavy atom. The highest BCUT2D eigenvalue weighted by atomic mass is 32.2. The fourth-order valence-electron chi connectivity index (χ4n) is 4.65. The molecule has 202 valence electrons. The zero-order valence-corrected chi connectivity index (χ0v) is 22.8. The third-order valence-corrected chi connectivity index (χ3v) is 8.05. The fraction of sp³-hybridized carbons (Fsp3) is 0.500. The minimum absolute atomic E-state index is 0.0696. The largest absolute Gasteiger partial charge is 0.352 e. The van der Waals surface area contributed by atoms with E-state index in [0.29, 0.717) is 11.3 Å². The topological polar surface area (TPSA) is 86.8 Å². The quantitative estimate of drug-likeness (QED) is 0.461. The number of amides is 2. The van der Waals surface area contributed by atoms with Gasteiger partial charge < -0.3 is 10.2 Å². The van der Waals surface area contributed by atoms with Gasteiger partial charge in [0.25, 0.3) is 0 Å². The number of benzene rings is 2. The maximum absolute atomic E-state index is 13.4. The molecule has 0 heterocycles. The van der Waals surface area contributed by atoms with E-state index in [-0.39, 0.29) is 49.6 Å². The van der Waals surface area contributed by atoms with E-state index >= 15 is 0 Å². The van der Waals surface area contributed by atoms with Gasteiger partial charge in [-0.1, -0.05) is 49.1 Å². The summed E-state index contributed by atoms with van der Waals surface area (Å²) in [6, 6.07) is 12.4. The number of nitrogens with zero attached hydrogens (tertiary/aromatic N) is 2. The summed E-state index contributed by atoms with van der Waals surface area (Å²) in [5, 5.41) is 3.09. The molecule has 2 aromatic rings. The summed E-state index contributed by atoms with van der Waals surface area (Å²) in [7, 11) is -3.54. The Morgan fingerprint density at radius 1 is 1.03 bits per heavy atom. The van der Waals surface area contributed by atoms with E-state index in [4.69, 9.17) is 0 Å². The van der Waals surface area contributed by atoms with Crippen molar-refractivity contribution >= 4 is 27.5 Å². The zero-order valence-electron chi connectivity index (χ0n) is 22.0. The molecule has 9 heteroatoms. The van der Waals surface area contributed by atoms with Gasteiger partial charge in [0.15, 0.2) is 0 Å². The van der Waals surface area contributed by atoms with Crippen LogP contribution in [0.25, 0.3) is 0 Å². The molecule has 3 rings (SSSR count). The van der Waals surface area contributed by atoms with Crippen molar-refractivity contribution < 1.29 is 22.4 Å². The first-order valence-corrected chi connectivity index (χ1v) is 14.8. The van der Waals surface area contributed by atoms with E-state index in [1.54, 1.807) is 31.2 Å². The Morgan fingerprint density at radius 3 is 2.24 bits per heavy atom. The second kappa shape index (κ2) is 13.0. The molecule has 1 atom stereocenters. The van der Waals surface area contributed by atoms with Crippen molar-refractivity contribution in [1.29, 1.82) is 0 Å². The molecule has 0 aromatic heterocycles. The van der Waals surface area contributed by atoms with Gasteiger partial charge in [0.1, 0.15) is 11.9 Å². The number of anilines is 1. The van der Waals surface area contributed by atoms with Crippen LogP contribution in [-0.4, -0.2) is 50.0 Å². The highest BCUT2D eigenvalue weighted by Crippen LogP contribution is 2.21. The molecule has 1 N–H and O–H groups in total. The molecule has 1 fully saturated rings. The van der Waals surface area contributed by atoms with E-state index in [1.165, 1.54) is 27.8 Å². The maximum atomic E-state index is 13.4. The van der Waals surface area contributed by atoms with Crippen LogP contribution in [0.1, 0.15) is 63.0 Å². The molecule has 2 aromatic carbocycles.